The molecule has 0 amide bonds. The molecule has 1 rings (SSSR count). The second-order valence-corrected chi connectivity index (χ2v) is 8.18. The minimum absolute atomic E-state index is 0.526. The van der Waals surface area contributed by atoms with Gasteiger partial charge in [0.2, 0.25) is 0 Å². The van der Waals surface area contributed by atoms with Gasteiger partial charge in [0, 0.05) is 0 Å². The van der Waals surface area contributed by atoms with Gasteiger partial charge in [0.25, 0.3) is 0 Å². The fourth-order valence-electron chi connectivity index (χ4n) is 2.65. The van der Waals surface area contributed by atoms with Crippen molar-refractivity contribution in [1.82, 2.24) is 3.88 Å². The molecule has 0 atom stereocenters. The maximum atomic E-state index is 2.78. The Labute approximate surface area is 88.1 Å². The summed E-state index contributed by atoms with van der Waals surface area (Å²) in [5.74, 6) is 0. The van der Waals surface area contributed by atoms with Gasteiger partial charge in [-0.15, -0.1) is 0 Å². The van der Waals surface area contributed by atoms with Gasteiger partial charge >= 0.3 is 14.4 Å². The molecule has 0 N–H and O–H groups in total. The van der Waals surface area contributed by atoms with E-state index in [0.717, 1.165) is 6.04 Å². The third-order valence-electron chi connectivity index (χ3n) is 3.67. The second kappa shape index (κ2) is 6.07. The summed E-state index contributed by atoms with van der Waals surface area (Å²) in [5.41, 5.74) is 0. The van der Waals surface area contributed by atoms with Gasteiger partial charge in [0.1, 0.15) is 0 Å². The summed E-state index contributed by atoms with van der Waals surface area (Å²) >= 11 is -0.526. The normalized spacial score (nSPS) is 19.4. The van der Waals surface area contributed by atoms with Crippen LogP contribution in [0.2, 0.25) is 10.6 Å². The molecular weight excluding hydrogens is 173 g/mol. The topological polar surface area (TPSA) is 3.24 Å². The number of nitrogens with zero attached hydrogens (tertiary/aromatic N) is 1. The Morgan fingerprint density at radius 3 is 2.08 bits per heavy atom. The summed E-state index contributed by atoms with van der Waals surface area (Å²) < 4.78 is 2.78. The van der Waals surface area contributed by atoms with Crippen molar-refractivity contribution in [2.75, 3.05) is 7.05 Å². The van der Waals surface area contributed by atoms with E-state index in [9.17, 15) is 0 Å². The first-order valence-corrected chi connectivity index (χ1v) is 8.16. The molecule has 13 heavy (non-hydrogen) atoms. The Bertz CT molecular complexity index is 128. The van der Waals surface area contributed by atoms with Crippen LogP contribution >= 0.6 is 0 Å². The van der Waals surface area contributed by atoms with E-state index < -0.39 is 14.4 Å². The maximum absolute atomic E-state index is 2.78. The van der Waals surface area contributed by atoms with E-state index >= 15 is 0 Å². The van der Waals surface area contributed by atoms with Gasteiger partial charge in [0.15, 0.2) is 0 Å². The van der Waals surface area contributed by atoms with Crippen molar-refractivity contribution >= 4 is 14.4 Å². The van der Waals surface area contributed by atoms with Crippen molar-refractivity contribution in [3.63, 3.8) is 0 Å². The maximum Gasteiger partial charge on any atom is 0.372 e. The van der Waals surface area contributed by atoms with Crippen molar-refractivity contribution in [2.24, 2.45) is 0 Å². The van der Waals surface area contributed by atoms with Gasteiger partial charge in [-0.3, -0.25) is 0 Å². The molecule has 0 bridgehead atoms. The highest BCUT2D eigenvalue weighted by molar-refractivity contribution is 6.55. The predicted octanol–water partition coefficient (Wildman–Crippen LogP) is 3.28. The van der Waals surface area contributed by atoms with E-state index in [4.69, 9.17) is 0 Å². The van der Waals surface area contributed by atoms with Crippen LogP contribution in [-0.2, 0) is 0 Å². The number of rotatable bonds is 4. The Morgan fingerprint density at radius 1 is 1.08 bits per heavy atom. The molecule has 0 saturated heterocycles. The van der Waals surface area contributed by atoms with Gasteiger partial charge in [-0.05, 0) is 25.9 Å². The van der Waals surface area contributed by atoms with Crippen LogP contribution in [0.4, 0.5) is 0 Å². The van der Waals surface area contributed by atoms with Crippen molar-refractivity contribution in [3.8, 4) is 0 Å². The molecule has 0 spiro atoms. The molecule has 0 aromatic heterocycles. The Kier molecular flexibility index (Phi) is 5.40. The average molecular weight is 197 g/mol. The van der Waals surface area contributed by atoms with Gasteiger partial charge in [-0.1, -0.05) is 43.7 Å². The lowest BCUT2D eigenvalue weighted by Crippen LogP contribution is -2.43. The molecule has 1 aliphatic rings. The first-order chi connectivity index (χ1) is 6.29. The highest BCUT2D eigenvalue weighted by atomic mass is 27.2. The van der Waals surface area contributed by atoms with E-state index in [2.05, 4.69) is 24.8 Å². The van der Waals surface area contributed by atoms with Crippen molar-refractivity contribution < 1.29 is 0 Å². The molecule has 1 saturated carbocycles. The van der Waals surface area contributed by atoms with Crippen molar-refractivity contribution in [2.45, 2.75) is 62.6 Å². The lowest BCUT2D eigenvalue weighted by molar-refractivity contribution is 0.284. The SMILES string of the molecule is C[CH2][Al]([CH2]C)[N](C)C1CCCCC1. The van der Waals surface area contributed by atoms with Crippen LogP contribution in [0.3, 0.4) is 0 Å². The molecule has 0 radical (unpaired) electrons. The van der Waals surface area contributed by atoms with Crippen molar-refractivity contribution in [1.29, 1.82) is 0 Å². The molecule has 0 aromatic rings. The largest absolute Gasteiger partial charge is 0.385 e. The fraction of sp³-hybridized carbons (Fsp3) is 1.00. The van der Waals surface area contributed by atoms with E-state index in [0.29, 0.717) is 0 Å². The minimum Gasteiger partial charge on any atom is -0.385 e. The lowest BCUT2D eigenvalue weighted by atomic mass is 9.96. The summed E-state index contributed by atoms with van der Waals surface area (Å²) in [7, 11) is 2.39. The summed E-state index contributed by atoms with van der Waals surface area (Å²) in [6.07, 6.45) is 7.38. The molecule has 0 aliphatic heterocycles. The standard InChI is InChI=1S/C7H14N.2C2H5.Al/c1-8-7-5-3-2-4-6-7;2*1-2;/h7H,2-6H2,1H3;2*1H2,2H3;/q-1;;;+1. The smallest absolute Gasteiger partial charge is 0.372 e. The zero-order valence-corrected chi connectivity index (χ0v) is 10.7. The summed E-state index contributed by atoms with van der Waals surface area (Å²) in [6, 6.07) is 0.949. The molecule has 76 valence electrons. The Morgan fingerprint density at radius 2 is 1.62 bits per heavy atom. The summed E-state index contributed by atoms with van der Waals surface area (Å²) in [5, 5.41) is 2.90. The third-order valence-corrected chi connectivity index (χ3v) is 7.13. The zero-order valence-electron chi connectivity index (χ0n) is 9.55. The van der Waals surface area contributed by atoms with Gasteiger partial charge in [0.05, 0.1) is 0 Å². The highest BCUT2D eigenvalue weighted by Crippen LogP contribution is 2.23. The average Bonchev–Trinajstić information content (AvgIpc) is 2.21. The van der Waals surface area contributed by atoms with Crippen LogP contribution in [0.15, 0.2) is 0 Å². The molecule has 1 fully saturated rings. The van der Waals surface area contributed by atoms with Crippen molar-refractivity contribution in [3.05, 3.63) is 0 Å². The van der Waals surface area contributed by atoms with Gasteiger partial charge < -0.3 is 3.88 Å². The van der Waals surface area contributed by atoms with Crippen LogP contribution < -0.4 is 0 Å². The van der Waals surface area contributed by atoms with Crippen LogP contribution in [0.1, 0.15) is 46.0 Å². The monoisotopic (exact) mass is 197 g/mol. The minimum atomic E-state index is -0.526. The molecule has 0 aromatic carbocycles. The molecule has 0 unspecified atom stereocenters. The molecule has 2 heteroatoms. The first-order valence-electron chi connectivity index (χ1n) is 6.01. The predicted molar refractivity (Wildman–Crippen MR) is 61.4 cm³/mol. The molecular formula is C11H24AlN. The van der Waals surface area contributed by atoms with Crippen LogP contribution in [-0.4, -0.2) is 31.3 Å². The molecule has 0 heterocycles. The molecule has 1 aliphatic carbocycles. The summed E-state index contributed by atoms with van der Waals surface area (Å²) in [4.78, 5) is 0. The van der Waals surface area contributed by atoms with Gasteiger partial charge in [-0.25, -0.2) is 0 Å². The van der Waals surface area contributed by atoms with E-state index in [1.54, 1.807) is 0 Å². The number of hydrogen-bond donors (Lipinski definition) is 0. The molecule has 1 nitrogen and oxygen atoms in total. The fourth-order valence-corrected chi connectivity index (χ4v) is 5.27. The first kappa shape index (κ1) is 11.6. The van der Waals surface area contributed by atoms with Gasteiger partial charge in [-0.2, -0.15) is 0 Å². The quantitative estimate of drug-likeness (QED) is 0.625. The van der Waals surface area contributed by atoms with Crippen LogP contribution in [0, 0.1) is 0 Å². The Balaban J connectivity index is 2.38. The Hall–Kier alpha value is 0.492. The zero-order chi connectivity index (χ0) is 9.68. The third kappa shape index (κ3) is 3.28. The lowest BCUT2D eigenvalue weighted by Gasteiger charge is -2.35. The van der Waals surface area contributed by atoms with Crippen LogP contribution in [0.25, 0.3) is 0 Å². The summed E-state index contributed by atoms with van der Waals surface area (Å²) in [6.45, 7) is 4.75. The van der Waals surface area contributed by atoms with E-state index in [-0.39, 0.29) is 0 Å². The van der Waals surface area contributed by atoms with E-state index in [1.165, 1.54) is 42.7 Å². The highest BCUT2D eigenvalue weighted by Gasteiger charge is 2.26. The van der Waals surface area contributed by atoms with E-state index in [1.807, 2.05) is 0 Å². The second-order valence-electron chi connectivity index (χ2n) is 4.43. The number of hydrogen-bond acceptors (Lipinski definition) is 1. The van der Waals surface area contributed by atoms with Crippen LogP contribution in [0.5, 0.6) is 0 Å².